The third kappa shape index (κ3) is 4.76. The third-order valence-corrected chi connectivity index (χ3v) is 5.96. The Bertz CT molecular complexity index is 1420. The average Bonchev–Trinajstić information content (AvgIpc) is 3.48. The van der Waals surface area contributed by atoms with E-state index in [0.717, 1.165) is 35.4 Å². The molecule has 34 heavy (non-hydrogen) atoms. The van der Waals surface area contributed by atoms with Crippen molar-refractivity contribution in [1.29, 1.82) is 0 Å². The number of carbonyl (C=O) groups is 1. The van der Waals surface area contributed by atoms with E-state index in [0.29, 0.717) is 13.0 Å². The van der Waals surface area contributed by atoms with Gasteiger partial charge in [0.1, 0.15) is 5.82 Å². The summed E-state index contributed by atoms with van der Waals surface area (Å²) in [7, 11) is 0. The molecule has 6 heteroatoms. The number of hydrogen-bond donors (Lipinski definition) is 2. The normalized spacial score (nSPS) is 11.1. The van der Waals surface area contributed by atoms with Crippen molar-refractivity contribution in [3.63, 3.8) is 0 Å². The highest BCUT2D eigenvalue weighted by Crippen LogP contribution is 2.18. The van der Waals surface area contributed by atoms with Crippen molar-refractivity contribution in [2.45, 2.75) is 26.2 Å². The van der Waals surface area contributed by atoms with Crippen molar-refractivity contribution < 1.29 is 4.79 Å². The van der Waals surface area contributed by atoms with Crippen LogP contribution < -0.4 is 5.32 Å². The Morgan fingerprint density at radius 2 is 1.76 bits per heavy atom. The molecule has 0 saturated heterocycles. The molecule has 5 rings (SSSR count). The Morgan fingerprint density at radius 3 is 2.62 bits per heavy atom. The lowest BCUT2D eigenvalue weighted by Gasteiger charge is -2.07. The molecule has 0 saturated carbocycles. The first kappa shape index (κ1) is 21.6. The number of carbonyl (C=O) groups excluding carboxylic acids is 1. The van der Waals surface area contributed by atoms with E-state index in [9.17, 15) is 4.79 Å². The summed E-state index contributed by atoms with van der Waals surface area (Å²) in [5.41, 5.74) is 5.55. The third-order valence-electron chi connectivity index (χ3n) is 5.96. The number of nitrogens with zero attached hydrogens (tertiary/aromatic N) is 3. The molecule has 0 unspecified atom stereocenters. The molecule has 0 fully saturated rings. The van der Waals surface area contributed by atoms with Gasteiger partial charge in [0.15, 0.2) is 0 Å². The topological polar surface area (TPSA) is 75.6 Å². The number of aryl methyl sites for hydroxylation is 3. The molecule has 1 amide bonds. The van der Waals surface area contributed by atoms with Crippen molar-refractivity contribution in [3.8, 4) is 5.69 Å². The van der Waals surface area contributed by atoms with Gasteiger partial charge in [0.25, 0.3) is 5.91 Å². The fraction of sp³-hybridized carbons (Fsp3) is 0.179. The highest BCUT2D eigenvalue weighted by Gasteiger charge is 2.17. The Hall–Kier alpha value is -4.19. The van der Waals surface area contributed by atoms with Gasteiger partial charge < -0.3 is 10.3 Å². The molecule has 6 nitrogen and oxygen atoms in total. The zero-order valence-electron chi connectivity index (χ0n) is 19.2. The highest BCUT2D eigenvalue weighted by molar-refractivity contribution is 5.90. The molecule has 0 aliphatic rings. The summed E-state index contributed by atoms with van der Waals surface area (Å²) in [5.74, 6) is 0.715. The lowest BCUT2D eigenvalue weighted by Crippen LogP contribution is -2.26. The van der Waals surface area contributed by atoms with Crippen molar-refractivity contribution in [3.05, 3.63) is 113 Å². The van der Waals surface area contributed by atoms with Crippen LogP contribution in [0.1, 0.15) is 33.1 Å². The molecule has 2 N–H and O–H groups in total. The number of H-pyrrole nitrogens is 1. The van der Waals surface area contributed by atoms with Crippen LogP contribution in [0.5, 0.6) is 0 Å². The second-order valence-electron chi connectivity index (χ2n) is 8.45. The number of aromatic nitrogens is 4. The molecule has 2 heterocycles. The van der Waals surface area contributed by atoms with Gasteiger partial charge in [0.2, 0.25) is 5.82 Å². The maximum Gasteiger partial charge on any atom is 0.290 e. The summed E-state index contributed by atoms with van der Waals surface area (Å²) >= 11 is 0. The first-order valence-electron chi connectivity index (χ1n) is 11.6. The summed E-state index contributed by atoms with van der Waals surface area (Å²) in [4.78, 5) is 20.8. The molecule has 0 aliphatic carbocycles. The zero-order chi connectivity index (χ0) is 23.3. The minimum atomic E-state index is -0.257. The monoisotopic (exact) mass is 449 g/mol. The summed E-state index contributed by atoms with van der Waals surface area (Å²) in [6.45, 7) is 2.56. The molecule has 0 bridgehead atoms. The van der Waals surface area contributed by atoms with Gasteiger partial charge in [-0.1, -0.05) is 60.7 Å². The van der Waals surface area contributed by atoms with E-state index in [2.05, 4.69) is 50.7 Å². The maximum absolute atomic E-state index is 12.9. The SMILES string of the molecule is Cc1cccc(-n2nc(C(=O)NCCc3c[nH]c4ccccc34)nc2CCc2ccccc2)c1. The van der Waals surface area contributed by atoms with E-state index in [1.165, 1.54) is 16.5 Å². The van der Waals surface area contributed by atoms with Crippen LogP contribution >= 0.6 is 0 Å². The zero-order valence-corrected chi connectivity index (χ0v) is 19.2. The summed E-state index contributed by atoms with van der Waals surface area (Å²) in [6, 6.07) is 26.5. The first-order chi connectivity index (χ1) is 16.7. The van der Waals surface area contributed by atoms with Crippen LogP contribution in [-0.2, 0) is 19.3 Å². The minimum absolute atomic E-state index is 0.198. The van der Waals surface area contributed by atoms with Crippen LogP contribution in [0.4, 0.5) is 0 Å². The molecular formula is C28H27N5O. The Kier molecular flexibility index (Phi) is 6.21. The number of aromatic amines is 1. The lowest BCUT2D eigenvalue weighted by atomic mass is 10.1. The second kappa shape index (κ2) is 9.75. The number of rotatable bonds is 8. The van der Waals surface area contributed by atoms with Crippen LogP contribution in [0.25, 0.3) is 16.6 Å². The summed E-state index contributed by atoms with van der Waals surface area (Å²) < 4.78 is 1.80. The van der Waals surface area contributed by atoms with Gasteiger partial charge in [-0.05, 0) is 54.7 Å². The number of hydrogen-bond acceptors (Lipinski definition) is 3. The number of fused-ring (bicyclic) bond motifs is 1. The number of para-hydroxylation sites is 1. The quantitative estimate of drug-likeness (QED) is 0.357. The van der Waals surface area contributed by atoms with Gasteiger partial charge in [-0.15, -0.1) is 5.10 Å². The predicted molar refractivity (Wildman–Crippen MR) is 134 cm³/mol. The van der Waals surface area contributed by atoms with Gasteiger partial charge in [-0.25, -0.2) is 9.67 Å². The van der Waals surface area contributed by atoms with Gasteiger partial charge in [-0.2, -0.15) is 0 Å². The molecule has 0 atom stereocenters. The maximum atomic E-state index is 12.9. The summed E-state index contributed by atoms with van der Waals surface area (Å²) in [6.07, 6.45) is 4.25. The van der Waals surface area contributed by atoms with Crippen molar-refractivity contribution in [2.24, 2.45) is 0 Å². The summed E-state index contributed by atoms with van der Waals surface area (Å²) in [5, 5.41) is 8.76. The molecule has 170 valence electrons. The number of nitrogens with one attached hydrogen (secondary N) is 2. The fourth-order valence-electron chi connectivity index (χ4n) is 4.20. The first-order valence-corrected chi connectivity index (χ1v) is 11.6. The van der Waals surface area contributed by atoms with Crippen LogP contribution in [0.3, 0.4) is 0 Å². The van der Waals surface area contributed by atoms with Crippen LogP contribution in [0, 0.1) is 6.92 Å². The largest absolute Gasteiger partial charge is 0.361 e. The van der Waals surface area contributed by atoms with E-state index in [4.69, 9.17) is 0 Å². The molecule has 0 spiro atoms. The highest BCUT2D eigenvalue weighted by atomic mass is 16.2. The van der Waals surface area contributed by atoms with Gasteiger partial charge in [0.05, 0.1) is 5.69 Å². The van der Waals surface area contributed by atoms with Crippen molar-refractivity contribution >= 4 is 16.8 Å². The number of amides is 1. The average molecular weight is 450 g/mol. The van der Waals surface area contributed by atoms with E-state index >= 15 is 0 Å². The standard InChI is InChI=1S/C28H27N5O/c1-20-8-7-11-23(18-20)33-26(15-14-21-9-3-2-4-10-21)31-27(32-33)28(34)29-17-16-22-19-30-25-13-6-5-12-24(22)25/h2-13,18-19,30H,14-17H2,1H3,(H,29,34). The van der Waals surface area contributed by atoms with Crippen molar-refractivity contribution in [1.82, 2.24) is 25.1 Å². The van der Waals surface area contributed by atoms with Crippen molar-refractivity contribution in [2.75, 3.05) is 6.54 Å². The Labute approximate surface area is 198 Å². The molecular weight excluding hydrogens is 422 g/mol. The minimum Gasteiger partial charge on any atom is -0.361 e. The second-order valence-corrected chi connectivity index (χ2v) is 8.45. The van der Waals surface area contributed by atoms with Gasteiger partial charge in [-0.3, -0.25) is 4.79 Å². The van der Waals surface area contributed by atoms with Crippen LogP contribution in [0.15, 0.2) is 85.1 Å². The predicted octanol–water partition coefficient (Wildman–Crippen LogP) is 4.81. The Morgan fingerprint density at radius 1 is 0.941 bits per heavy atom. The van der Waals surface area contributed by atoms with Gasteiger partial charge >= 0.3 is 0 Å². The van der Waals surface area contributed by atoms with E-state index in [-0.39, 0.29) is 11.7 Å². The molecule has 0 radical (unpaired) electrons. The van der Waals surface area contributed by atoms with E-state index < -0.39 is 0 Å². The van der Waals surface area contributed by atoms with E-state index in [1.54, 1.807) is 4.68 Å². The molecule has 5 aromatic rings. The molecule has 3 aromatic carbocycles. The molecule has 2 aromatic heterocycles. The fourth-order valence-corrected chi connectivity index (χ4v) is 4.20. The molecule has 0 aliphatic heterocycles. The van der Waals surface area contributed by atoms with Gasteiger partial charge in [0, 0.05) is 30.1 Å². The van der Waals surface area contributed by atoms with E-state index in [1.807, 2.05) is 61.7 Å². The lowest BCUT2D eigenvalue weighted by molar-refractivity contribution is 0.0944. The van der Waals surface area contributed by atoms with Crippen LogP contribution in [0.2, 0.25) is 0 Å². The number of benzene rings is 3. The smallest absolute Gasteiger partial charge is 0.290 e. The van der Waals surface area contributed by atoms with Crippen LogP contribution in [-0.4, -0.2) is 32.2 Å². The Balaban J connectivity index is 1.32.